The number of halogens is 1. The molecule has 0 spiro atoms. The minimum absolute atomic E-state index is 0.0811. The number of benzene rings is 2. The first kappa shape index (κ1) is 26.4. The fourth-order valence-electron chi connectivity index (χ4n) is 4.95. The van der Waals surface area contributed by atoms with Gasteiger partial charge in [0, 0.05) is 23.5 Å². The average Bonchev–Trinajstić information content (AvgIpc) is 2.96. The number of aromatic nitrogens is 2. The SMILES string of the molecule is COc1cc(C=Nn2c(C3CCCCC3)nc3ccc(Br)cc3c2=O)ccc1OCC(=O)N1CCOCC1. The van der Waals surface area contributed by atoms with Crippen LogP contribution in [0.3, 0.4) is 0 Å². The van der Waals surface area contributed by atoms with Gasteiger partial charge in [0.2, 0.25) is 0 Å². The lowest BCUT2D eigenvalue weighted by molar-refractivity contribution is -0.137. The van der Waals surface area contributed by atoms with E-state index in [-0.39, 0.29) is 24.0 Å². The molecule has 0 N–H and O–H groups in total. The van der Waals surface area contributed by atoms with Gasteiger partial charge in [0.05, 0.1) is 37.4 Å². The summed E-state index contributed by atoms with van der Waals surface area (Å²) in [6, 6.07) is 10.9. The molecule has 5 rings (SSSR count). The van der Waals surface area contributed by atoms with Crippen molar-refractivity contribution in [3.05, 3.63) is 62.6 Å². The van der Waals surface area contributed by atoms with Crippen LogP contribution in [0.1, 0.15) is 49.4 Å². The van der Waals surface area contributed by atoms with Crippen molar-refractivity contribution in [1.29, 1.82) is 0 Å². The van der Waals surface area contributed by atoms with Crippen molar-refractivity contribution in [2.45, 2.75) is 38.0 Å². The van der Waals surface area contributed by atoms with Crippen molar-refractivity contribution < 1.29 is 19.0 Å². The number of carbonyl (C=O) groups excluding carboxylic acids is 1. The van der Waals surface area contributed by atoms with E-state index in [1.807, 2.05) is 18.2 Å². The lowest BCUT2D eigenvalue weighted by Gasteiger charge is -2.26. The predicted octanol–water partition coefficient (Wildman–Crippen LogP) is 4.34. The van der Waals surface area contributed by atoms with Crippen LogP contribution in [-0.4, -0.2) is 66.7 Å². The molecule has 1 aromatic heterocycles. The van der Waals surface area contributed by atoms with Crippen molar-refractivity contribution in [1.82, 2.24) is 14.6 Å². The van der Waals surface area contributed by atoms with Gasteiger partial charge in [0.15, 0.2) is 18.1 Å². The van der Waals surface area contributed by atoms with Gasteiger partial charge >= 0.3 is 0 Å². The van der Waals surface area contributed by atoms with Gasteiger partial charge in [-0.15, -0.1) is 0 Å². The maximum atomic E-state index is 13.5. The highest BCUT2D eigenvalue weighted by Gasteiger charge is 2.23. The molecule has 10 heteroatoms. The summed E-state index contributed by atoms with van der Waals surface area (Å²) in [5.41, 5.74) is 1.21. The molecule has 0 atom stereocenters. The maximum Gasteiger partial charge on any atom is 0.282 e. The highest BCUT2D eigenvalue weighted by Crippen LogP contribution is 2.32. The third kappa shape index (κ3) is 5.91. The van der Waals surface area contributed by atoms with E-state index in [1.54, 1.807) is 36.4 Å². The summed E-state index contributed by atoms with van der Waals surface area (Å²) >= 11 is 3.46. The van der Waals surface area contributed by atoms with Gasteiger partial charge in [0.1, 0.15) is 5.82 Å². The molecular formula is C28H31BrN4O5. The summed E-state index contributed by atoms with van der Waals surface area (Å²) < 4.78 is 18.8. The Hall–Kier alpha value is -3.24. The van der Waals surface area contributed by atoms with Crippen molar-refractivity contribution in [2.24, 2.45) is 5.10 Å². The third-order valence-corrected chi connectivity index (χ3v) is 7.52. The monoisotopic (exact) mass is 582 g/mol. The van der Waals surface area contributed by atoms with E-state index >= 15 is 0 Å². The van der Waals surface area contributed by atoms with Gasteiger partial charge in [-0.3, -0.25) is 9.59 Å². The molecule has 2 aliphatic rings. The summed E-state index contributed by atoms with van der Waals surface area (Å²) in [6.45, 7) is 2.13. The molecule has 1 saturated carbocycles. The smallest absolute Gasteiger partial charge is 0.282 e. The molecule has 2 heterocycles. The predicted molar refractivity (Wildman–Crippen MR) is 148 cm³/mol. The lowest BCUT2D eigenvalue weighted by atomic mass is 9.88. The van der Waals surface area contributed by atoms with Crippen LogP contribution in [0.25, 0.3) is 10.9 Å². The Morgan fingerprint density at radius 3 is 2.68 bits per heavy atom. The molecular weight excluding hydrogens is 552 g/mol. The Labute approximate surface area is 229 Å². The van der Waals surface area contributed by atoms with Crippen molar-refractivity contribution >= 4 is 39.0 Å². The molecule has 200 valence electrons. The van der Waals surface area contributed by atoms with Gasteiger partial charge in [0.25, 0.3) is 11.5 Å². The molecule has 1 aliphatic carbocycles. The second-order valence-electron chi connectivity index (χ2n) is 9.52. The number of rotatable bonds is 7. The molecule has 3 aromatic rings. The average molecular weight is 583 g/mol. The Balaban J connectivity index is 1.40. The van der Waals surface area contributed by atoms with E-state index in [0.29, 0.717) is 54.5 Å². The van der Waals surface area contributed by atoms with Crippen molar-refractivity contribution in [2.75, 3.05) is 40.0 Å². The lowest BCUT2D eigenvalue weighted by Crippen LogP contribution is -2.43. The van der Waals surface area contributed by atoms with Crippen LogP contribution in [0.4, 0.5) is 0 Å². The molecule has 1 aliphatic heterocycles. The minimum atomic E-state index is -0.193. The fraction of sp³-hybridized carbons (Fsp3) is 0.429. The standard InChI is InChI=1S/C28H31BrN4O5/c1-36-25-15-19(7-10-24(25)38-18-26(34)32-11-13-37-14-12-32)17-30-33-27(20-5-3-2-4-6-20)31-23-9-8-21(29)16-22(23)28(33)35/h7-10,15-17,20H,2-6,11-14,18H2,1H3. The van der Waals surface area contributed by atoms with Gasteiger partial charge in [-0.25, -0.2) is 4.98 Å². The number of hydrogen-bond acceptors (Lipinski definition) is 7. The molecule has 1 saturated heterocycles. The number of nitrogens with zero attached hydrogens (tertiary/aromatic N) is 4. The van der Waals surface area contributed by atoms with Crippen LogP contribution < -0.4 is 15.0 Å². The zero-order chi connectivity index (χ0) is 26.5. The Morgan fingerprint density at radius 1 is 1.13 bits per heavy atom. The van der Waals surface area contributed by atoms with Gasteiger partial charge < -0.3 is 19.1 Å². The summed E-state index contributed by atoms with van der Waals surface area (Å²) in [4.78, 5) is 32.6. The van der Waals surface area contributed by atoms with Gasteiger partial charge in [-0.05, 0) is 54.8 Å². The normalized spacial score (nSPS) is 16.7. The number of carbonyl (C=O) groups is 1. The fourth-order valence-corrected chi connectivity index (χ4v) is 5.32. The zero-order valence-electron chi connectivity index (χ0n) is 21.4. The van der Waals surface area contributed by atoms with Crippen LogP contribution in [0.15, 0.2) is 50.8 Å². The summed E-state index contributed by atoms with van der Waals surface area (Å²) in [5, 5.41) is 5.12. The topological polar surface area (TPSA) is 95.2 Å². The third-order valence-electron chi connectivity index (χ3n) is 7.03. The van der Waals surface area contributed by atoms with Gasteiger partial charge in [-0.1, -0.05) is 35.2 Å². The number of hydrogen-bond donors (Lipinski definition) is 0. The van der Waals surface area contributed by atoms with E-state index in [0.717, 1.165) is 35.7 Å². The highest BCUT2D eigenvalue weighted by molar-refractivity contribution is 9.10. The maximum absolute atomic E-state index is 13.5. The van der Waals surface area contributed by atoms with Crippen LogP contribution in [0, 0.1) is 0 Å². The van der Waals surface area contributed by atoms with Crippen molar-refractivity contribution in [3.63, 3.8) is 0 Å². The van der Waals surface area contributed by atoms with Crippen LogP contribution in [0.2, 0.25) is 0 Å². The van der Waals surface area contributed by atoms with Crippen LogP contribution >= 0.6 is 15.9 Å². The number of methoxy groups -OCH3 is 1. The highest BCUT2D eigenvalue weighted by atomic mass is 79.9. The second kappa shape index (κ2) is 12.1. The minimum Gasteiger partial charge on any atom is -0.493 e. The molecule has 2 aromatic carbocycles. The Kier molecular flexibility index (Phi) is 8.38. The van der Waals surface area contributed by atoms with Crippen LogP contribution in [-0.2, 0) is 9.53 Å². The largest absolute Gasteiger partial charge is 0.493 e. The zero-order valence-corrected chi connectivity index (χ0v) is 23.0. The van der Waals surface area contributed by atoms with E-state index in [1.165, 1.54) is 11.1 Å². The van der Waals surface area contributed by atoms with E-state index in [4.69, 9.17) is 19.2 Å². The number of morpholine rings is 1. The van der Waals surface area contributed by atoms with E-state index < -0.39 is 0 Å². The molecule has 0 radical (unpaired) electrons. The number of fused-ring (bicyclic) bond motifs is 1. The molecule has 38 heavy (non-hydrogen) atoms. The summed E-state index contributed by atoms with van der Waals surface area (Å²) in [7, 11) is 1.55. The first-order chi connectivity index (χ1) is 18.5. The number of ether oxygens (including phenoxy) is 3. The Bertz CT molecular complexity index is 1390. The molecule has 9 nitrogen and oxygen atoms in total. The molecule has 0 bridgehead atoms. The number of amides is 1. The summed E-state index contributed by atoms with van der Waals surface area (Å²) in [5.74, 6) is 1.74. The Morgan fingerprint density at radius 2 is 1.92 bits per heavy atom. The van der Waals surface area contributed by atoms with Crippen LogP contribution in [0.5, 0.6) is 11.5 Å². The summed E-state index contributed by atoms with van der Waals surface area (Å²) in [6.07, 6.45) is 7.06. The van der Waals surface area contributed by atoms with Crippen molar-refractivity contribution in [3.8, 4) is 11.5 Å². The van der Waals surface area contributed by atoms with E-state index in [9.17, 15) is 9.59 Å². The quantitative estimate of drug-likeness (QED) is 0.385. The molecule has 0 unspecified atom stereocenters. The molecule has 1 amide bonds. The first-order valence-corrected chi connectivity index (χ1v) is 13.8. The molecule has 2 fully saturated rings. The van der Waals surface area contributed by atoms with E-state index in [2.05, 4.69) is 21.0 Å². The van der Waals surface area contributed by atoms with Gasteiger partial charge in [-0.2, -0.15) is 9.78 Å². The first-order valence-electron chi connectivity index (χ1n) is 13.0. The second-order valence-corrected chi connectivity index (χ2v) is 10.4.